The molecule has 0 bridgehead atoms. The lowest BCUT2D eigenvalue weighted by atomic mass is 9.98. The number of alkyl halides is 2. The van der Waals surface area contributed by atoms with Crippen LogP contribution in [0.4, 0.5) is 0 Å². The maximum atomic E-state index is 12.1. The third-order valence-corrected chi connectivity index (χ3v) is 5.29. The van der Waals surface area contributed by atoms with Gasteiger partial charge in [-0.1, -0.05) is 38.8 Å². The zero-order chi connectivity index (χ0) is 12.2. The molecule has 1 saturated heterocycles. The van der Waals surface area contributed by atoms with Gasteiger partial charge in [-0.2, -0.15) is 0 Å². The molecule has 94 valence electrons. The molecule has 5 heteroatoms. The molecular formula is C11H19Br2NO2. The highest BCUT2D eigenvalue weighted by atomic mass is 79.9. The minimum atomic E-state index is -0.178. The number of ether oxygens (including phenoxy) is 1. The molecule has 1 fully saturated rings. The molecule has 1 amide bonds. The van der Waals surface area contributed by atoms with E-state index in [0.29, 0.717) is 6.61 Å². The van der Waals surface area contributed by atoms with Gasteiger partial charge in [-0.05, 0) is 19.8 Å². The normalized spacial score (nSPS) is 25.8. The van der Waals surface area contributed by atoms with Gasteiger partial charge in [-0.25, -0.2) is 0 Å². The van der Waals surface area contributed by atoms with Crippen molar-refractivity contribution < 1.29 is 9.53 Å². The summed E-state index contributed by atoms with van der Waals surface area (Å²) in [7, 11) is 0. The fourth-order valence-corrected chi connectivity index (χ4v) is 3.75. The summed E-state index contributed by atoms with van der Waals surface area (Å²) < 4.78 is 5.42. The number of carbonyl (C=O) groups is 1. The van der Waals surface area contributed by atoms with E-state index in [9.17, 15) is 4.79 Å². The van der Waals surface area contributed by atoms with Gasteiger partial charge in [-0.3, -0.25) is 4.79 Å². The maximum Gasteiger partial charge on any atom is 0.226 e. The van der Waals surface area contributed by atoms with Crippen molar-refractivity contribution in [3.8, 4) is 0 Å². The van der Waals surface area contributed by atoms with Crippen molar-refractivity contribution in [3.05, 3.63) is 0 Å². The number of amides is 1. The largest absolute Gasteiger partial charge is 0.378 e. The quantitative estimate of drug-likeness (QED) is 0.768. The molecule has 0 aromatic rings. The Morgan fingerprint density at radius 1 is 1.50 bits per heavy atom. The van der Waals surface area contributed by atoms with Crippen LogP contribution in [0.5, 0.6) is 0 Å². The van der Waals surface area contributed by atoms with Crippen LogP contribution in [-0.4, -0.2) is 34.8 Å². The van der Waals surface area contributed by atoms with Gasteiger partial charge in [-0.15, -0.1) is 0 Å². The Bertz CT molecular complexity index is 236. The second-order valence-electron chi connectivity index (χ2n) is 4.47. The van der Waals surface area contributed by atoms with E-state index in [1.165, 1.54) is 0 Å². The zero-order valence-corrected chi connectivity index (χ0v) is 12.9. The lowest BCUT2D eigenvalue weighted by Crippen LogP contribution is -2.53. The number of rotatable bonds is 5. The summed E-state index contributed by atoms with van der Waals surface area (Å²) in [6.45, 7) is 4.64. The van der Waals surface area contributed by atoms with Crippen LogP contribution in [-0.2, 0) is 9.53 Å². The molecule has 0 aromatic carbocycles. The molecular weight excluding hydrogens is 338 g/mol. The van der Waals surface area contributed by atoms with E-state index in [1.807, 2.05) is 6.92 Å². The molecule has 1 aliphatic rings. The zero-order valence-electron chi connectivity index (χ0n) is 9.76. The van der Waals surface area contributed by atoms with Crippen LogP contribution >= 0.6 is 31.9 Å². The first-order valence-electron chi connectivity index (χ1n) is 5.62. The summed E-state index contributed by atoms with van der Waals surface area (Å²) in [6, 6.07) is 0. The van der Waals surface area contributed by atoms with E-state index in [4.69, 9.17) is 4.74 Å². The average Bonchev–Trinajstić information content (AvgIpc) is 2.73. The highest BCUT2D eigenvalue weighted by molar-refractivity contribution is 9.09. The van der Waals surface area contributed by atoms with Gasteiger partial charge < -0.3 is 10.1 Å². The Morgan fingerprint density at radius 2 is 2.12 bits per heavy atom. The Labute approximate surface area is 114 Å². The second-order valence-corrected chi connectivity index (χ2v) is 5.59. The lowest BCUT2D eigenvalue weighted by molar-refractivity contribution is -0.126. The van der Waals surface area contributed by atoms with E-state index < -0.39 is 0 Å². The third kappa shape index (κ3) is 3.44. The summed E-state index contributed by atoms with van der Waals surface area (Å²) >= 11 is 6.93. The highest BCUT2D eigenvalue weighted by Crippen LogP contribution is 2.22. The Kier molecular flexibility index (Phi) is 5.74. The minimum Gasteiger partial charge on any atom is -0.378 e. The summed E-state index contributed by atoms with van der Waals surface area (Å²) in [5.74, 6) is 0.129. The molecule has 1 N–H and O–H groups in total. The topological polar surface area (TPSA) is 38.3 Å². The SMILES string of the molecule is CCC(CBr)(CBr)NC(=O)C1COC(C)C1. The Hall–Kier alpha value is 0.390. The van der Waals surface area contributed by atoms with Crippen molar-refractivity contribution in [2.75, 3.05) is 17.3 Å². The summed E-state index contributed by atoms with van der Waals surface area (Å²) in [6.07, 6.45) is 1.94. The second kappa shape index (κ2) is 6.36. The molecule has 1 heterocycles. The predicted molar refractivity (Wildman–Crippen MR) is 72.3 cm³/mol. The number of halogens is 2. The lowest BCUT2D eigenvalue weighted by Gasteiger charge is -2.31. The molecule has 1 rings (SSSR count). The van der Waals surface area contributed by atoms with Crippen molar-refractivity contribution in [2.24, 2.45) is 5.92 Å². The van der Waals surface area contributed by atoms with E-state index in [2.05, 4.69) is 44.1 Å². The first-order valence-corrected chi connectivity index (χ1v) is 7.86. The molecule has 0 aliphatic carbocycles. The molecule has 0 spiro atoms. The molecule has 1 aliphatic heterocycles. The third-order valence-electron chi connectivity index (χ3n) is 3.15. The van der Waals surface area contributed by atoms with E-state index in [1.54, 1.807) is 0 Å². The van der Waals surface area contributed by atoms with Gasteiger partial charge in [0.15, 0.2) is 0 Å². The van der Waals surface area contributed by atoms with Crippen molar-refractivity contribution in [3.63, 3.8) is 0 Å². The maximum absolute atomic E-state index is 12.1. The van der Waals surface area contributed by atoms with Crippen LogP contribution in [0.1, 0.15) is 26.7 Å². The molecule has 0 saturated carbocycles. The van der Waals surface area contributed by atoms with E-state index in [-0.39, 0.29) is 23.5 Å². The minimum absolute atomic E-state index is 0.0130. The van der Waals surface area contributed by atoms with Crippen molar-refractivity contribution in [1.82, 2.24) is 5.32 Å². The molecule has 0 radical (unpaired) electrons. The Morgan fingerprint density at radius 3 is 2.50 bits per heavy atom. The smallest absolute Gasteiger partial charge is 0.226 e. The average molecular weight is 357 g/mol. The van der Waals surface area contributed by atoms with Crippen LogP contribution in [0.3, 0.4) is 0 Å². The van der Waals surface area contributed by atoms with Crippen molar-refractivity contribution in [1.29, 1.82) is 0 Å². The first kappa shape index (κ1) is 14.5. The van der Waals surface area contributed by atoms with Crippen LogP contribution in [0.15, 0.2) is 0 Å². The number of hydrogen-bond acceptors (Lipinski definition) is 2. The molecule has 2 atom stereocenters. The van der Waals surface area contributed by atoms with Crippen molar-refractivity contribution >= 4 is 37.8 Å². The molecule has 0 aromatic heterocycles. The highest BCUT2D eigenvalue weighted by Gasteiger charge is 2.34. The van der Waals surface area contributed by atoms with Crippen LogP contribution < -0.4 is 5.32 Å². The molecule has 3 nitrogen and oxygen atoms in total. The van der Waals surface area contributed by atoms with E-state index in [0.717, 1.165) is 23.5 Å². The number of carbonyl (C=O) groups excluding carboxylic acids is 1. The molecule has 16 heavy (non-hydrogen) atoms. The fraction of sp³-hybridized carbons (Fsp3) is 0.909. The van der Waals surface area contributed by atoms with Gasteiger partial charge in [0.25, 0.3) is 0 Å². The van der Waals surface area contributed by atoms with Gasteiger partial charge in [0, 0.05) is 10.7 Å². The monoisotopic (exact) mass is 355 g/mol. The van der Waals surface area contributed by atoms with Crippen LogP contribution in [0, 0.1) is 5.92 Å². The summed E-state index contributed by atoms with van der Waals surface area (Å²) in [5, 5.41) is 4.65. The summed E-state index contributed by atoms with van der Waals surface area (Å²) in [4.78, 5) is 12.1. The van der Waals surface area contributed by atoms with Gasteiger partial charge in [0.1, 0.15) is 0 Å². The number of nitrogens with one attached hydrogen (secondary N) is 1. The van der Waals surface area contributed by atoms with Crippen LogP contribution in [0.25, 0.3) is 0 Å². The Balaban J connectivity index is 2.55. The van der Waals surface area contributed by atoms with Gasteiger partial charge >= 0.3 is 0 Å². The van der Waals surface area contributed by atoms with Crippen LogP contribution in [0.2, 0.25) is 0 Å². The van der Waals surface area contributed by atoms with Crippen molar-refractivity contribution in [2.45, 2.75) is 38.3 Å². The fourth-order valence-electron chi connectivity index (χ4n) is 1.74. The standard InChI is InChI=1S/C11H19Br2NO2/c1-3-11(6-12,7-13)14-10(15)9-4-8(2)16-5-9/h8-9H,3-7H2,1-2H3,(H,14,15). The van der Waals surface area contributed by atoms with E-state index >= 15 is 0 Å². The van der Waals surface area contributed by atoms with Gasteiger partial charge in [0.05, 0.1) is 24.2 Å². The molecule has 2 unspecified atom stereocenters. The first-order chi connectivity index (χ1) is 7.56. The predicted octanol–water partition coefficient (Wildman–Crippen LogP) is 2.47. The number of hydrogen-bond donors (Lipinski definition) is 1. The summed E-state index contributed by atoms with van der Waals surface area (Å²) in [5.41, 5.74) is -0.178. The van der Waals surface area contributed by atoms with Gasteiger partial charge in [0.2, 0.25) is 5.91 Å².